The molecule has 0 spiro atoms. The third kappa shape index (κ3) is 4.27. The number of anilines is 2. The van der Waals surface area contributed by atoms with Crippen LogP contribution in [0.3, 0.4) is 0 Å². The fourth-order valence-corrected chi connectivity index (χ4v) is 2.48. The van der Waals surface area contributed by atoms with Gasteiger partial charge in [0.25, 0.3) is 5.91 Å². The van der Waals surface area contributed by atoms with Crippen LogP contribution >= 0.6 is 11.3 Å². The maximum atomic E-state index is 13.7. The van der Waals surface area contributed by atoms with Crippen LogP contribution in [0, 0.1) is 5.82 Å². The van der Waals surface area contributed by atoms with Gasteiger partial charge in [-0.1, -0.05) is 17.4 Å². The average molecular weight is 359 g/mol. The van der Waals surface area contributed by atoms with Crippen molar-refractivity contribution in [3.8, 4) is 5.75 Å². The Morgan fingerprint density at radius 3 is 2.84 bits per heavy atom. The lowest BCUT2D eigenvalue weighted by atomic mass is 10.2. The summed E-state index contributed by atoms with van der Waals surface area (Å²) in [6, 6.07) is 8.05. The van der Waals surface area contributed by atoms with Gasteiger partial charge in [0.05, 0.1) is 12.7 Å². The maximum absolute atomic E-state index is 13.7. The van der Waals surface area contributed by atoms with Crippen LogP contribution in [0.1, 0.15) is 15.9 Å². The molecule has 25 heavy (non-hydrogen) atoms. The van der Waals surface area contributed by atoms with Crippen LogP contribution in [-0.2, 0) is 6.54 Å². The van der Waals surface area contributed by atoms with Crippen molar-refractivity contribution in [1.82, 2.24) is 15.2 Å². The lowest BCUT2D eigenvalue weighted by Gasteiger charge is -2.08. The SMILES string of the molecule is COc1ccc(CNc2ccc(C(=O)Nc3nncs3)cn2)cc1F. The predicted octanol–water partition coefficient (Wildman–Crippen LogP) is 2.95. The minimum absolute atomic E-state index is 0.202. The van der Waals surface area contributed by atoms with Crippen molar-refractivity contribution in [2.45, 2.75) is 6.54 Å². The number of aromatic nitrogens is 3. The highest BCUT2D eigenvalue weighted by atomic mass is 32.1. The van der Waals surface area contributed by atoms with Gasteiger partial charge in [0.2, 0.25) is 5.13 Å². The third-order valence-electron chi connectivity index (χ3n) is 3.30. The number of ether oxygens (including phenoxy) is 1. The minimum Gasteiger partial charge on any atom is -0.494 e. The number of benzene rings is 1. The number of pyridine rings is 1. The Balaban J connectivity index is 1.59. The highest BCUT2D eigenvalue weighted by molar-refractivity contribution is 7.13. The summed E-state index contributed by atoms with van der Waals surface area (Å²) in [5.74, 6) is 0.0443. The van der Waals surface area contributed by atoms with Gasteiger partial charge in [0, 0.05) is 12.7 Å². The van der Waals surface area contributed by atoms with E-state index in [-0.39, 0.29) is 11.7 Å². The van der Waals surface area contributed by atoms with Gasteiger partial charge in [-0.3, -0.25) is 10.1 Å². The molecule has 2 aromatic heterocycles. The van der Waals surface area contributed by atoms with E-state index in [1.807, 2.05) is 0 Å². The van der Waals surface area contributed by atoms with Crippen LogP contribution in [0.2, 0.25) is 0 Å². The smallest absolute Gasteiger partial charge is 0.259 e. The predicted molar refractivity (Wildman–Crippen MR) is 92.4 cm³/mol. The fourth-order valence-electron chi connectivity index (χ4n) is 2.04. The van der Waals surface area contributed by atoms with E-state index in [1.54, 1.807) is 24.3 Å². The van der Waals surface area contributed by atoms with Crippen LogP contribution < -0.4 is 15.4 Å². The second-order valence-electron chi connectivity index (χ2n) is 4.95. The van der Waals surface area contributed by atoms with Crippen molar-refractivity contribution in [1.29, 1.82) is 0 Å². The van der Waals surface area contributed by atoms with Crippen LogP contribution in [0.15, 0.2) is 42.0 Å². The Kier molecular flexibility index (Phi) is 5.14. The molecule has 0 aliphatic rings. The molecule has 0 atom stereocenters. The summed E-state index contributed by atoms with van der Waals surface area (Å²) in [7, 11) is 1.42. The standard InChI is InChI=1S/C16H14FN5O2S/c1-24-13-4-2-10(6-12(13)17)7-18-14-5-3-11(8-19-14)15(23)21-16-22-20-9-25-16/h2-6,8-9H,7H2,1H3,(H,18,19)(H,21,22,23). The van der Waals surface area contributed by atoms with E-state index in [4.69, 9.17) is 4.74 Å². The molecule has 0 bridgehead atoms. The highest BCUT2D eigenvalue weighted by Gasteiger charge is 2.09. The summed E-state index contributed by atoms with van der Waals surface area (Å²) in [4.78, 5) is 16.2. The Bertz CT molecular complexity index is 855. The molecule has 0 saturated heterocycles. The summed E-state index contributed by atoms with van der Waals surface area (Å²) in [6.07, 6.45) is 1.45. The Morgan fingerprint density at radius 1 is 1.32 bits per heavy atom. The van der Waals surface area contributed by atoms with Gasteiger partial charge in [-0.2, -0.15) is 0 Å². The van der Waals surface area contributed by atoms with Gasteiger partial charge in [-0.25, -0.2) is 9.37 Å². The van der Waals surface area contributed by atoms with Crippen molar-refractivity contribution in [2.75, 3.05) is 17.7 Å². The lowest BCUT2D eigenvalue weighted by molar-refractivity contribution is 0.102. The molecule has 3 aromatic rings. The molecule has 1 aromatic carbocycles. The van der Waals surface area contributed by atoms with E-state index in [1.165, 1.54) is 36.2 Å². The number of methoxy groups -OCH3 is 1. The van der Waals surface area contributed by atoms with Gasteiger partial charge < -0.3 is 10.1 Å². The fraction of sp³-hybridized carbons (Fsp3) is 0.125. The maximum Gasteiger partial charge on any atom is 0.259 e. The number of nitrogens with zero attached hydrogens (tertiary/aromatic N) is 3. The summed E-state index contributed by atoms with van der Waals surface area (Å²) >= 11 is 1.23. The van der Waals surface area contributed by atoms with Gasteiger partial charge in [0.15, 0.2) is 11.6 Å². The van der Waals surface area contributed by atoms with E-state index in [0.717, 1.165) is 5.56 Å². The largest absolute Gasteiger partial charge is 0.494 e. The van der Waals surface area contributed by atoms with Crippen molar-refractivity contribution in [2.24, 2.45) is 0 Å². The third-order valence-corrected chi connectivity index (χ3v) is 3.90. The summed E-state index contributed by atoms with van der Waals surface area (Å²) in [5.41, 5.74) is 2.68. The molecule has 0 aliphatic carbocycles. The first-order valence-electron chi connectivity index (χ1n) is 7.25. The second kappa shape index (κ2) is 7.67. The summed E-state index contributed by atoms with van der Waals surface area (Å²) in [6.45, 7) is 0.393. The van der Waals surface area contributed by atoms with Gasteiger partial charge >= 0.3 is 0 Å². The zero-order valence-electron chi connectivity index (χ0n) is 13.2. The molecular formula is C16H14FN5O2S. The number of halogens is 1. The molecule has 128 valence electrons. The first-order valence-corrected chi connectivity index (χ1v) is 8.13. The normalized spacial score (nSPS) is 10.3. The van der Waals surface area contributed by atoms with Gasteiger partial charge in [-0.15, -0.1) is 10.2 Å². The molecule has 0 unspecified atom stereocenters. The molecule has 0 fully saturated rings. The molecular weight excluding hydrogens is 345 g/mol. The van der Waals surface area contributed by atoms with E-state index < -0.39 is 5.82 Å². The number of carbonyl (C=O) groups excluding carboxylic acids is 1. The molecule has 0 aliphatic heterocycles. The lowest BCUT2D eigenvalue weighted by Crippen LogP contribution is -2.12. The molecule has 2 heterocycles. The van der Waals surface area contributed by atoms with Gasteiger partial charge in [-0.05, 0) is 29.8 Å². The second-order valence-corrected chi connectivity index (χ2v) is 5.79. The first-order chi connectivity index (χ1) is 12.2. The molecule has 2 N–H and O–H groups in total. The average Bonchev–Trinajstić information content (AvgIpc) is 3.13. The monoisotopic (exact) mass is 359 g/mol. The van der Waals surface area contributed by atoms with Gasteiger partial charge in [0.1, 0.15) is 11.3 Å². The highest BCUT2D eigenvalue weighted by Crippen LogP contribution is 2.18. The molecule has 7 nitrogen and oxygen atoms in total. The quantitative estimate of drug-likeness (QED) is 0.703. The first kappa shape index (κ1) is 16.8. The number of amides is 1. The Morgan fingerprint density at radius 2 is 2.20 bits per heavy atom. The van der Waals surface area contributed by atoms with Crippen molar-refractivity contribution in [3.63, 3.8) is 0 Å². The number of hydrogen-bond donors (Lipinski definition) is 2. The van der Waals surface area contributed by atoms with E-state index in [9.17, 15) is 9.18 Å². The zero-order chi connectivity index (χ0) is 17.6. The van der Waals surface area contributed by atoms with Crippen LogP contribution in [0.4, 0.5) is 15.3 Å². The molecule has 0 saturated carbocycles. The Labute approximate surface area is 146 Å². The number of carbonyl (C=O) groups is 1. The van der Waals surface area contributed by atoms with E-state index in [2.05, 4.69) is 25.8 Å². The molecule has 3 rings (SSSR count). The van der Waals surface area contributed by atoms with Crippen LogP contribution in [0.25, 0.3) is 0 Å². The van der Waals surface area contributed by atoms with Crippen molar-refractivity contribution >= 4 is 28.2 Å². The summed E-state index contributed by atoms with van der Waals surface area (Å²) < 4.78 is 18.5. The van der Waals surface area contributed by atoms with E-state index >= 15 is 0 Å². The van der Waals surface area contributed by atoms with Crippen molar-refractivity contribution in [3.05, 3.63) is 59.0 Å². The zero-order valence-corrected chi connectivity index (χ0v) is 14.0. The minimum atomic E-state index is -0.418. The van der Waals surface area contributed by atoms with E-state index in [0.29, 0.717) is 23.1 Å². The summed E-state index contributed by atoms with van der Waals surface area (Å²) in [5, 5.41) is 13.5. The van der Waals surface area contributed by atoms with Crippen molar-refractivity contribution < 1.29 is 13.9 Å². The topological polar surface area (TPSA) is 89.0 Å². The molecule has 0 radical (unpaired) electrons. The number of nitrogens with one attached hydrogen (secondary N) is 2. The van der Waals surface area contributed by atoms with Crippen LogP contribution in [0.5, 0.6) is 5.75 Å². The van der Waals surface area contributed by atoms with Crippen LogP contribution in [-0.4, -0.2) is 28.2 Å². The Hall–Kier alpha value is -3.07. The molecule has 1 amide bonds. The number of rotatable bonds is 6. The number of hydrogen-bond acceptors (Lipinski definition) is 7. The molecule has 9 heteroatoms.